The Hall–Kier alpha value is -3.22. The molecular weight excluding hydrogens is 386 g/mol. The van der Waals surface area contributed by atoms with E-state index in [1.54, 1.807) is 7.11 Å². The number of ether oxygens (including phenoxy) is 1. The van der Waals surface area contributed by atoms with Crippen molar-refractivity contribution in [1.82, 2.24) is 24.2 Å². The molecule has 158 valence electrons. The number of benzene rings is 1. The van der Waals surface area contributed by atoms with Gasteiger partial charge in [-0.1, -0.05) is 6.07 Å². The summed E-state index contributed by atoms with van der Waals surface area (Å²) in [6, 6.07) is 18.9. The predicted molar refractivity (Wildman–Crippen MR) is 122 cm³/mol. The van der Waals surface area contributed by atoms with Crippen molar-refractivity contribution in [1.29, 1.82) is 0 Å². The van der Waals surface area contributed by atoms with Crippen molar-refractivity contribution in [3.63, 3.8) is 0 Å². The lowest BCUT2D eigenvalue weighted by atomic mass is 10.1. The molecule has 1 atom stereocenters. The van der Waals surface area contributed by atoms with Crippen molar-refractivity contribution >= 4 is 5.65 Å². The number of pyridine rings is 2. The van der Waals surface area contributed by atoms with Gasteiger partial charge >= 0.3 is 0 Å². The molecule has 0 saturated carbocycles. The van der Waals surface area contributed by atoms with Crippen LogP contribution in [0.25, 0.3) is 16.9 Å². The molecule has 1 unspecified atom stereocenters. The number of hydrogen-bond donors (Lipinski definition) is 0. The summed E-state index contributed by atoms with van der Waals surface area (Å²) < 4.78 is 7.51. The standard InChI is InChI=1S/C25H27N5O/c1-28-14-15-29(16-19-10-12-26-13-11-19)18-24(28)22-17-30-23(4-3-5-25(30)27-22)20-6-8-21(31-2)9-7-20/h3-13,17,24H,14-16,18H2,1-2H3. The first-order chi connectivity index (χ1) is 15.2. The van der Waals surface area contributed by atoms with Gasteiger partial charge in [0, 0.05) is 44.8 Å². The SMILES string of the molecule is COc1ccc(-c2cccc3nc(C4CN(Cc5ccncc5)CCN4C)cn23)cc1. The summed E-state index contributed by atoms with van der Waals surface area (Å²) in [5.41, 5.74) is 5.67. The highest BCUT2D eigenvalue weighted by molar-refractivity contribution is 5.64. The van der Waals surface area contributed by atoms with Crippen molar-refractivity contribution in [2.75, 3.05) is 33.8 Å². The highest BCUT2D eigenvalue weighted by Crippen LogP contribution is 2.28. The van der Waals surface area contributed by atoms with Gasteiger partial charge in [0.2, 0.25) is 0 Å². The van der Waals surface area contributed by atoms with Gasteiger partial charge in [0.1, 0.15) is 11.4 Å². The van der Waals surface area contributed by atoms with Crippen LogP contribution in [0, 0.1) is 0 Å². The summed E-state index contributed by atoms with van der Waals surface area (Å²) in [7, 11) is 3.89. The van der Waals surface area contributed by atoms with Crippen molar-refractivity contribution in [3.8, 4) is 17.0 Å². The van der Waals surface area contributed by atoms with Gasteiger partial charge in [-0.3, -0.25) is 19.2 Å². The zero-order valence-corrected chi connectivity index (χ0v) is 18.0. The lowest BCUT2D eigenvalue weighted by Gasteiger charge is -2.38. The number of imidazole rings is 1. The second-order valence-corrected chi connectivity index (χ2v) is 8.12. The van der Waals surface area contributed by atoms with Gasteiger partial charge < -0.3 is 4.74 Å². The number of fused-ring (bicyclic) bond motifs is 1. The van der Waals surface area contributed by atoms with Crippen molar-refractivity contribution in [2.45, 2.75) is 12.6 Å². The normalized spacial score (nSPS) is 17.8. The van der Waals surface area contributed by atoms with Crippen LogP contribution in [0.2, 0.25) is 0 Å². The third kappa shape index (κ3) is 4.04. The third-order valence-electron chi connectivity index (χ3n) is 6.13. The fraction of sp³-hybridized carbons (Fsp3) is 0.280. The predicted octanol–water partition coefficient (Wildman–Crippen LogP) is 3.89. The topological polar surface area (TPSA) is 45.9 Å². The number of rotatable bonds is 5. The second-order valence-electron chi connectivity index (χ2n) is 8.12. The molecule has 1 aliphatic rings. The molecule has 0 aliphatic carbocycles. The minimum absolute atomic E-state index is 0.263. The Kier molecular flexibility index (Phi) is 5.40. The maximum Gasteiger partial charge on any atom is 0.137 e. The first-order valence-electron chi connectivity index (χ1n) is 10.7. The average molecular weight is 414 g/mol. The van der Waals surface area contributed by atoms with E-state index in [1.165, 1.54) is 5.56 Å². The lowest BCUT2D eigenvalue weighted by Crippen LogP contribution is -2.46. The Balaban J connectivity index is 1.43. The number of piperazine rings is 1. The highest BCUT2D eigenvalue weighted by atomic mass is 16.5. The second kappa shape index (κ2) is 8.49. The van der Waals surface area contributed by atoms with Gasteiger partial charge in [-0.2, -0.15) is 0 Å². The van der Waals surface area contributed by atoms with Gasteiger partial charge in [-0.05, 0) is 66.7 Å². The monoisotopic (exact) mass is 413 g/mol. The quantitative estimate of drug-likeness (QED) is 0.497. The van der Waals surface area contributed by atoms with E-state index in [2.05, 4.69) is 74.9 Å². The van der Waals surface area contributed by atoms with E-state index in [-0.39, 0.29) is 6.04 Å². The van der Waals surface area contributed by atoms with Crippen LogP contribution in [0.3, 0.4) is 0 Å². The first kappa shape index (κ1) is 19.7. The fourth-order valence-electron chi connectivity index (χ4n) is 4.33. The minimum atomic E-state index is 0.263. The van der Waals surface area contributed by atoms with Crippen molar-refractivity contribution < 1.29 is 4.74 Å². The smallest absolute Gasteiger partial charge is 0.137 e. The van der Waals surface area contributed by atoms with Gasteiger partial charge in [0.25, 0.3) is 0 Å². The summed E-state index contributed by atoms with van der Waals surface area (Å²) in [6.07, 6.45) is 5.93. The van der Waals surface area contributed by atoms with Crippen molar-refractivity contribution in [3.05, 3.63) is 84.4 Å². The van der Waals surface area contributed by atoms with E-state index in [0.29, 0.717) is 0 Å². The van der Waals surface area contributed by atoms with Gasteiger partial charge in [0.05, 0.1) is 24.5 Å². The van der Waals surface area contributed by atoms with Crippen LogP contribution in [-0.4, -0.2) is 58.0 Å². The molecule has 0 spiro atoms. The summed E-state index contributed by atoms with van der Waals surface area (Å²) in [5, 5.41) is 0. The zero-order valence-electron chi connectivity index (χ0n) is 18.0. The zero-order chi connectivity index (χ0) is 21.2. The Bertz CT molecular complexity index is 1160. The number of likely N-dealkylation sites (N-methyl/N-ethyl adjacent to an activating group) is 1. The van der Waals surface area contributed by atoms with Crippen molar-refractivity contribution in [2.24, 2.45) is 0 Å². The maximum absolute atomic E-state index is 5.31. The average Bonchev–Trinajstić information content (AvgIpc) is 3.25. The molecule has 6 nitrogen and oxygen atoms in total. The van der Waals surface area contributed by atoms with Gasteiger partial charge in [-0.15, -0.1) is 0 Å². The van der Waals surface area contributed by atoms with E-state index < -0.39 is 0 Å². The van der Waals surface area contributed by atoms with Crippen LogP contribution in [0.5, 0.6) is 5.75 Å². The summed E-state index contributed by atoms with van der Waals surface area (Å²) >= 11 is 0. The largest absolute Gasteiger partial charge is 0.497 e. The molecule has 0 radical (unpaired) electrons. The summed E-state index contributed by atoms with van der Waals surface area (Å²) in [4.78, 5) is 14.1. The summed E-state index contributed by atoms with van der Waals surface area (Å²) in [5.74, 6) is 0.861. The Morgan fingerprint density at radius 3 is 2.58 bits per heavy atom. The molecule has 0 bridgehead atoms. The molecule has 1 aliphatic heterocycles. The van der Waals surface area contributed by atoms with E-state index in [4.69, 9.17) is 9.72 Å². The number of nitrogens with zero attached hydrogens (tertiary/aromatic N) is 5. The molecule has 5 rings (SSSR count). The number of hydrogen-bond acceptors (Lipinski definition) is 5. The molecular formula is C25H27N5O. The number of methoxy groups -OCH3 is 1. The maximum atomic E-state index is 5.31. The fourth-order valence-corrected chi connectivity index (χ4v) is 4.33. The molecule has 6 heteroatoms. The number of aromatic nitrogens is 3. The van der Waals surface area contributed by atoms with Crippen LogP contribution >= 0.6 is 0 Å². The molecule has 3 aromatic heterocycles. The Morgan fingerprint density at radius 1 is 1.00 bits per heavy atom. The Labute approximate surface area is 182 Å². The van der Waals surface area contributed by atoms with Crippen LogP contribution in [0.4, 0.5) is 0 Å². The first-order valence-corrected chi connectivity index (χ1v) is 10.7. The van der Waals surface area contributed by atoms with E-state index in [9.17, 15) is 0 Å². The molecule has 0 N–H and O–H groups in total. The third-order valence-corrected chi connectivity index (χ3v) is 6.13. The molecule has 1 saturated heterocycles. The van der Waals surface area contributed by atoms with E-state index >= 15 is 0 Å². The molecule has 1 fully saturated rings. The summed E-state index contributed by atoms with van der Waals surface area (Å²) in [6.45, 7) is 3.98. The van der Waals surface area contributed by atoms with Crippen LogP contribution in [0.1, 0.15) is 17.3 Å². The lowest BCUT2D eigenvalue weighted by molar-refractivity contribution is 0.0885. The highest BCUT2D eigenvalue weighted by Gasteiger charge is 2.28. The minimum Gasteiger partial charge on any atom is -0.497 e. The molecule has 1 aromatic carbocycles. The van der Waals surface area contributed by atoms with E-state index in [1.807, 2.05) is 24.5 Å². The van der Waals surface area contributed by atoms with Crippen LogP contribution in [-0.2, 0) is 6.54 Å². The molecule has 4 heterocycles. The van der Waals surface area contributed by atoms with E-state index in [0.717, 1.165) is 54.5 Å². The van der Waals surface area contributed by atoms with Crippen LogP contribution < -0.4 is 4.74 Å². The Morgan fingerprint density at radius 2 is 1.81 bits per heavy atom. The molecule has 4 aromatic rings. The van der Waals surface area contributed by atoms with Gasteiger partial charge in [0.15, 0.2) is 0 Å². The molecule has 0 amide bonds. The van der Waals surface area contributed by atoms with Crippen LogP contribution in [0.15, 0.2) is 73.2 Å². The molecule has 31 heavy (non-hydrogen) atoms. The van der Waals surface area contributed by atoms with Gasteiger partial charge in [-0.25, -0.2) is 4.98 Å².